The molecule has 1 amide bonds. The average Bonchev–Trinajstić information content (AvgIpc) is 3.43. The van der Waals surface area contributed by atoms with Gasteiger partial charge in [-0.25, -0.2) is 0 Å². The molecule has 0 spiro atoms. The molecule has 1 aliphatic carbocycles. The molecule has 2 aromatic carbocycles. The number of carbonyl (C=O) groups excluding carboxylic acids is 1. The number of aliphatic hydroxyl groups is 1. The van der Waals surface area contributed by atoms with Crippen molar-refractivity contribution in [3.05, 3.63) is 65.7 Å². The smallest absolute Gasteiger partial charge is 0.261 e. The number of rotatable bonds is 7. The molecule has 0 aliphatic heterocycles. The van der Waals surface area contributed by atoms with Gasteiger partial charge in [0.1, 0.15) is 5.75 Å². The van der Waals surface area contributed by atoms with E-state index in [0.29, 0.717) is 18.3 Å². The molecule has 1 fully saturated rings. The highest BCUT2D eigenvalue weighted by molar-refractivity contribution is 5.78. The normalized spacial score (nSPS) is 14.2. The number of hydrogen-bond donors (Lipinski definition) is 1. The Bertz CT molecular complexity index is 700. The van der Waals surface area contributed by atoms with Crippen molar-refractivity contribution in [3.63, 3.8) is 0 Å². The van der Waals surface area contributed by atoms with Crippen LogP contribution in [0.1, 0.15) is 37.8 Å². The largest absolute Gasteiger partial charge is 0.484 e. The van der Waals surface area contributed by atoms with Crippen LogP contribution in [-0.4, -0.2) is 28.6 Å². The molecule has 1 N–H and O–H groups in total. The molecule has 0 saturated heterocycles. The van der Waals surface area contributed by atoms with Crippen LogP contribution in [0.3, 0.4) is 0 Å². The maximum Gasteiger partial charge on any atom is 0.261 e. The van der Waals surface area contributed by atoms with E-state index in [1.54, 1.807) is 26.0 Å². The summed E-state index contributed by atoms with van der Waals surface area (Å²) in [5, 5.41) is 9.98. The van der Waals surface area contributed by atoms with E-state index < -0.39 is 5.60 Å². The molecule has 0 unspecified atom stereocenters. The lowest BCUT2D eigenvalue weighted by atomic mass is 9.99. The molecule has 1 saturated carbocycles. The lowest BCUT2D eigenvalue weighted by Gasteiger charge is -2.23. The van der Waals surface area contributed by atoms with Crippen molar-refractivity contribution in [1.29, 1.82) is 0 Å². The van der Waals surface area contributed by atoms with E-state index >= 15 is 0 Å². The molecular weight excluding hydrogens is 314 g/mol. The molecule has 0 bridgehead atoms. The van der Waals surface area contributed by atoms with Crippen LogP contribution in [0.25, 0.3) is 0 Å². The maximum atomic E-state index is 12.6. The number of hydrogen-bond acceptors (Lipinski definition) is 3. The molecule has 0 heterocycles. The molecule has 0 atom stereocenters. The molecule has 2 aromatic rings. The van der Waals surface area contributed by atoms with E-state index in [2.05, 4.69) is 0 Å². The maximum absolute atomic E-state index is 12.6. The average molecular weight is 339 g/mol. The molecule has 4 heteroatoms. The highest BCUT2D eigenvalue weighted by Gasteiger charge is 2.32. The molecule has 4 nitrogen and oxygen atoms in total. The van der Waals surface area contributed by atoms with Gasteiger partial charge in [0.05, 0.1) is 5.60 Å². The van der Waals surface area contributed by atoms with E-state index in [-0.39, 0.29) is 12.5 Å². The van der Waals surface area contributed by atoms with Crippen molar-refractivity contribution in [3.8, 4) is 5.75 Å². The van der Waals surface area contributed by atoms with Crippen LogP contribution >= 0.6 is 0 Å². The first-order valence-electron chi connectivity index (χ1n) is 8.72. The minimum Gasteiger partial charge on any atom is -0.484 e. The van der Waals surface area contributed by atoms with Gasteiger partial charge in [-0.1, -0.05) is 42.5 Å². The van der Waals surface area contributed by atoms with Crippen LogP contribution in [0.2, 0.25) is 0 Å². The Morgan fingerprint density at radius 2 is 1.76 bits per heavy atom. The van der Waals surface area contributed by atoms with Crippen LogP contribution in [0.5, 0.6) is 5.75 Å². The second kappa shape index (κ2) is 7.28. The van der Waals surface area contributed by atoms with Gasteiger partial charge in [0.15, 0.2) is 6.61 Å². The summed E-state index contributed by atoms with van der Waals surface area (Å²) in [6.07, 6.45) is 2.14. The van der Waals surface area contributed by atoms with Gasteiger partial charge >= 0.3 is 0 Å². The molecule has 25 heavy (non-hydrogen) atoms. The minimum absolute atomic E-state index is 0.0120. The van der Waals surface area contributed by atoms with Crippen molar-refractivity contribution in [2.75, 3.05) is 6.61 Å². The Morgan fingerprint density at radius 1 is 1.12 bits per heavy atom. The summed E-state index contributed by atoms with van der Waals surface area (Å²) in [6, 6.07) is 17.6. The summed E-state index contributed by atoms with van der Waals surface area (Å²) in [5.41, 5.74) is 1.07. The predicted molar refractivity (Wildman–Crippen MR) is 97.2 cm³/mol. The highest BCUT2D eigenvalue weighted by Crippen LogP contribution is 2.29. The summed E-state index contributed by atoms with van der Waals surface area (Å²) in [7, 11) is 0. The zero-order valence-corrected chi connectivity index (χ0v) is 14.8. The first-order chi connectivity index (χ1) is 11.9. The third kappa shape index (κ3) is 4.83. The Balaban J connectivity index is 1.58. The second-order valence-corrected chi connectivity index (χ2v) is 7.11. The van der Waals surface area contributed by atoms with Crippen molar-refractivity contribution < 1.29 is 14.6 Å². The Kier molecular flexibility index (Phi) is 5.09. The zero-order valence-electron chi connectivity index (χ0n) is 14.8. The zero-order chi connectivity index (χ0) is 17.9. The number of nitrogens with zero attached hydrogens (tertiary/aromatic N) is 1. The molecular formula is C21H25NO3. The molecule has 3 rings (SSSR count). The monoisotopic (exact) mass is 339 g/mol. The fraction of sp³-hybridized carbons (Fsp3) is 0.381. The third-order valence-corrected chi connectivity index (χ3v) is 4.43. The lowest BCUT2D eigenvalue weighted by molar-refractivity contribution is -0.134. The van der Waals surface area contributed by atoms with Crippen LogP contribution in [-0.2, 0) is 16.9 Å². The van der Waals surface area contributed by atoms with Crippen molar-refractivity contribution >= 4 is 5.91 Å². The van der Waals surface area contributed by atoms with Crippen molar-refractivity contribution in [2.24, 2.45) is 0 Å². The van der Waals surface area contributed by atoms with Gasteiger partial charge in [-0.3, -0.25) is 4.79 Å². The van der Waals surface area contributed by atoms with Gasteiger partial charge in [0.25, 0.3) is 5.91 Å². The molecule has 0 radical (unpaired) electrons. The fourth-order valence-electron chi connectivity index (χ4n) is 2.77. The number of benzene rings is 2. The Labute approximate surface area is 149 Å². The Morgan fingerprint density at radius 3 is 2.32 bits per heavy atom. The minimum atomic E-state index is -0.882. The van der Waals surface area contributed by atoms with Crippen LogP contribution in [0.4, 0.5) is 0 Å². The molecule has 132 valence electrons. The Hall–Kier alpha value is -2.33. The number of amides is 1. The topological polar surface area (TPSA) is 49.8 Å². The van der Waals surface area contributed by atoms with Gasteiger partial charge < -0.3 is 14.7 Å². The van der Waals surface area contributed by atoms with E-state index in [1.807, 2.05) is 47.4 Å². The van der Waals surface area contributed by atoms with Gasteiger partial charge in [-0.15, -0.1) is 0 Å². The first kappa shape index (κ1) is 17.5. The second-order valence-electron chi connectivity index (χ2n) is 7.11. The molecule has 0 aromatic heterocycles. The van der Waals surface area contributed by atoms with Crippen LogP contribution in [0, 0.1) is 0 Å². The van der Waals surface area contributed by atoms with Crippen molar-refractivity contribution in [2.45, 2.75) is 44.9 Å². The highest BCUT2D eigenvalue weighted by atomic mass is 16.5. The SMILES string of the molecule is CC(C)(O)c1ccc(OCC(=O)N(Cc2ccccc2)C2CC2)cc1. The number of ether oxygens (including phenoxy) is 1. The van der Waals surface area contributed by atoms with E-state index in [9.17, 15) is 9.90 Å². The first-order valence-corrected chi connectivity index (χ1v) is 8.72. The summed E-state index contributed by atoms with van der Waals surface area (Å²) < 4.78 is 5.66. The summed E-state index contributed by atoms with van der Waals surface area (Å²) in [6.45, 7) is 4.14. The fourth-order valence-corrected chi connectivity index (χ4v) is 2.77. The third-order valence-electron chi connectivity index (χ3n) is 4.43. The van der Waals surface area contributed by atoms with Crippen LogP contribution in [0.15, 0.2) is 54.6 Å². The summed E-state index contributed by atoms with van der Waals surface area (Å²) >= 11 is 0. The van der Waals surface area contributed by atoms with E-state index in [4.69, 9.17) is 4.74 Å². The van der Waals surface area contributed by atoms with Crippen molar-refractivity contribution in [1.82, 2.24) is 4.90 Å². The van der Waals surface area contributed by atoms with Gasteiger partial charge in [-0.05, 0) is 49.9 Å². The summed E-state index contributed by atoms with van der Waals surface area (Å²) in [4.78, 5) is 14.5. The lowest BCUT2D eigenvalue weighted by Crippen LogP contribution is -2.36. The van der Waals surface area contributed by atoms with E-state index in [0.717, 1.165) is 24.0 Å². The van der Waals surface area contributed by atoms with Gasteiger partial charge in [-0.2, -0.15) is 0 Å². The number of carbonyl (C=O) groups is 1. The quantitative estimate of drug-likeness (QED) is 0.840. The van der Waals surface area contributed by atoms with E-state index in [1.165, 1.54) is 0 Å². The van der Waals surface area contributed by atoms with Gasteiger partial charge in [0.2, 0.25) is 0 Å². The standard InChI is InChI=1S/C21H25NO3/c1-21(2,24)17-8-12-19(13-9-17)25-15-20(23)22(18-10-11-18)14-16-6-4-3-5-7-16/h3-9,12-13,18,24H,10-11,14-15H2,1-2H3. The predicted octanol–water partition coefficient (Wildman–Crippen LogP) is 3.48. The van der Waals surface area contributed by atoms with Crippen LogP contribution < -0.4 is 4.74 Å². The summed E-state index contributed by atoms with van der Waals surface area (Å²) in [5.74, 6) is 0.648. The molecule has 1 aliphatic rings. The van der Waals surface area contributed by atoms with Gasteiger partial charge in [0, 0.05) is 12.6 Å².